The van der Waals surface area contributed by atoms with Crippen molar-refractivity contribution in [3.8, 4) is 0 Å². The van der Waals surface area contributed by atoms with E-state index < -0.39 is 15.9 Å². The molecule has 3 aromatic rings. The van der Waals surface area contributed by atoms with Crippen LogP contribution in [0.15, 0.2) is 90.4 Å². The van der Waals surface area contributed by atoms with Crippen molar-refractivity contribution in [2.24, 2.45) is 0 Å². The van der Waals surface area contributed by atoms with Crippen LogP contribution in [0.3, 0.4) is 0 Å². The number of halogens is 2. The van der Waals surface area contributed by atoms with E-state index in [1.54, 1.807) is 66.7 Å². The van der Waals surface area contributed by atoms with Crippen molar-refractivity contribution in [1.29, 1.82) is 0 Å². The van der Waals surface area contributed by atoms with Crippen LogP contribution < -0.4 is 9.62 Å². The number of benzene rings is 3. The lowest BCUT2D eigenvalue weighted by atomic mass is 9.95. The molecule has 1 aliphatic rings. The summed E-state index contributed by atoms with van der Waals surface area (Å²) in [6, 6.07) is 20.4. The van der Waals surface area contributed by atoms with E-state index in [1.807, 2.05) is 6.07 Å². The molecule has 5 nitrogen and oxygen atoms in total. The average molecular weight is 485 g/mol. The maximum absolute atomic E-state index is 13.7. The number of para-hydroxylation sites is 1. The van der Waals surface area contributed by atoms with Gasteiger partial charge in [-0.3, -0.25) is 9.10 Å². The first-order valence-electron chi connectivity index (χ1n) is 9.63. The van der Waals surface area contributed by atoms with E-state index in [-0.39, 0.29) is 17.0 Å². The highest BCUT2D eigenvalue weighted by molar-refractivity contribution is 7.97. The summed E-state index contributed by atoms with van der Waals surface area (Å²) in [5.74, 6) is -0.795. The second kappa shape index (κ2) is 8.82. The zero-order valence-electron chi connectivity index (χ0n) is 16.8. The fourth-order valence-corrected chi connectivity index (χ4v) is 5.66. The molecule has 0 aliphatic carbocycles. The number of carbonyl (C=O) groups excluding carboxylic acids is 1. The molecule has 162 valence electrons. The van der Waals surface area contributed by atoms with Gasteiger partial charge >= 0.3 is 0 Å². The summed E-state index contributed by atoms with van der Waals surface area (Å²) in [6.07, 6.45) is 1.47. The van der Waals surface area contributed by atoms with Crippen LogP contribution in [0.2, 0.25) is 10.0 Å². The summed E-state index contributed by atoms with van der Waals surface area (Å²) in [6.45, 7) is 3.66. The smallest absolute Gasteiger partial charge is 0.270 e. The van der Waals surface area contributed by atoms with Crippen LogP contribution in [0.5, 0.6) is 0 Å². The predicted octanol–water partition coefficient (Wildman–Crippen LogP) is 5.73. The van der Waals surface area contributed by atoms with E-state index in [0.29, 0.717) is 32.5 Å². The zero-order valence-corrected chi connectivity index (χ0v) is 19.1. The molecule has 0 atom stereocenters. The molecule has 1 heterocycles. The van der Waals surface area contributed by atoms with Crippen molar-refractivity contribution in [1.82, 2.24) is 0 Å². The van der Waals surface area contributed by atoms with E-state index in [0.717, 1.165) is 4.31 Å². The summed E-state index contributed by atoms with van der Waals surface area (Å²) in [5, 5.41) is 3.36. The average Bonchev–Trinajstić information content (AvgIpc) is 2.77. The maximum Gasteiger partial charge on any atom is 0.270 e. The van der Waals surface area contributed by atoms with Gasteiger partial charge in [0.15, 0.2) is 4.91 Å². The van der Waals surface area contributed by atoms with E-state index in [9.17, 15) is 13.2 Å². The molecule has 4 rings (SSSR count). The Bertz CT molecular complexity index is 1350. The third-order valence-electron chi connectivity index (χ3n) is 4.96. The number of hydrogen-bond acceptors (Lipinski definition) is 3. The minimum atomic E-state index is -4.24. The van der Waals surface area contributed by atoms with Gasteiger partial charge in [0.1, 0.15) is 0 Å². The fraction of sp³-hybridized carbons (Fsp3) is 0.0417. The minimum absolute atomic E-state index is 0.0120. The molecule has 0 unspecified atom stereocenters. The SMILES string of the molecule is C=CCN1c2ccc(Cl)cc2C(c2ccccc2)=C(C(=O)Nc2ccccc2Cl)S1(=O)=O. The first kappa shape index (κ1) is 22.1. The van der Waals surface area contributed by atoms with Crippen molar-refractivity contribution in [2.75, 3.05) is 16.2 Å². The maximum atomic E-state index is 13.7. The molecule has 0 saturated carbocycles. The monoisotopic (exact) mass is 484 g/mol. The quantitative estimate of drug-likeness (QED) is 0.470. The Balaban J connectivity index is 2.03. The van der Waals surface area contributed by atoms with Gasteiger partial charge in [0.2, 0.25) is 0 Å². The number of nitrogens with zero attached hydrogens (tertiary/aromatic N) is 1. The molecule has 1 N–H and O–H groups in total. The highest BCUT2D eigenvalue weighted by Gasteiger charge is 2.41. The number of amides is 1. The molecule has 1 aliphatic heterocycles. The van der Waals surface area contributed by atoms with Gasteiger partial charge in [-0.2, -0.15) is 0 Å². The van der Waals surface area contributed by atoms with Crippen molar-refractivity contribution < 1.29 is 13.2 Å². The summed E-state index contributed by atoms with van der Waals surface area (Å²) >= 11 is 12.5. The van der Waals surface area contributed by atoms with Crippen LogP contribution in [-0.4, -0.2) is 20.9 Å². The van der Waals surface area contributed by atoms with Gasteiger partial charge in [0, 0.05) is 16.2 Å². The number of sulfonamides is 1. The third-order valence-corrected chi connectivity index (χ3v) is 7.35. The van der Waals surface area contributed by atoms with Crippen molar-refractivity contribution in [3.05, 3.63) is 112 Å². The normalized spacial score (nSPS) is 14.6. The highest BCUT2D eigenvalue weighted by Crippen LogP contribution is 2.44. The molecule has 0 aromatic heterocycles. The second-order valence-corrected chi connectivity index (χ2v) is 9.63. The first-order chi connectivity index (χ1) is 15.3. The Morgan fingerprint density at radius 3 is 2.38 bits per heavy atom. The Hall–Kier alpha value is -3.06. The fourth-order valence-electron chi connectivity index (χ4n) is 3.59. The van der Waals surface area contributed by atoms with E-state index >= 15 is 0 Å². The largest absolute Gasteiger partial charge is 0.320 e. The summed E-state index contributed by atoms with van der Waals surface area (Å²) in [5.41, 5.74) is 2.10. The molecular weight excluding hydrogens is 467 g/mol. The molecular formula is C24H18Cl2N2O3S. The van der Waals surface area contributed by atoms with Gasteiger partial charge in [0.25, 0.3) is 15.9 Å². The Labute approximate surface area is 196 Å². The van der Waals surface area contributed by atoms with Gasteiger partial charge < -0.3 is 5.32 Å². The number of anilines is 2. The lowest BCUT2D eigenvalue weighted by Gasteiger charge is -2.33. The molecule has 0 radical (unpaired) electrons. The molecule has 0 bridgehead atoms. The predicted molar refractivity (Wildman–Crippen MR) is 130 cm³/mol. The summed E-state index contributed by atoms with van der Waals surface area (Å²) in [4.78, 5) is 13.1. The van der Waals surface area contributed by atoms with Crippen LogP contribution >= 0.6 is 23.2 Å². The van der Waals surface area contributed by atoms with Crippen molar-refractivity contribution >= 4 is 56.1 Å². The first-order valence-corrected chi connectivity index (χ1v) is 11.8. The van der Waals surface area contributed by atoms with Gasteiger partial charge in [-0.05, 0) is 35.9 Å². The highest BCUT2D eigenvalue weighted by atomic mass is 35.5. The van der Waals surface area contributed by atoms with Crippen LogP contribution in [0.4, 0.5) is 11.4 Å². The van der Waals surface area contributed by atoms with Crippen LogP contribution in [0.1, 0.15) is 11.1 Å². The number of rotatable bonds is 5. The molecule has 0 spiro atoms. The standard InChI is InChI=1S/C24H18Cl2N2O3S/c1-2-14-28-21-13-12-17(25)15-18(21)22(16-8-4-3-5-9-16)23(32(28,30)31)24(29)27-20-11-7-6-10-19(20)26/h2-13,15H,1,14H2,(H,27,29). The molecule has 8 heteroatoms. The van der Waals surface area contributed by atoms with Crippen molar-refractivity contribution in [3.63, 3.8) is 0 Å². The van der Waals surface area contributed by atoms with Crippen LogP contribution in [0, 0.1) is 0 Å². The minimum Gasteiger partial charge on any atom is -0.320 e. The van der Waals surface area contributed by atoms with Gasteiger partial charge in [-0.15, -0.1) is 6.58 Å². The lowest BCUT2D eigenvalue weighted by molar-refractivity contribution is -0.112. The van der Waals surface area contributed by atoms with Gasteiger partial charge in [-0.1, -0.05) is 71.7 Å². The molecule has 0 saturated heterocycles. The number of nitrogens with one attached hydrogen (secondary N) is 1. The van der Waals surface area contributed by atoms with Crippen LogP contribution in [0.25, 0.3) is 5.57 Å². The zero-order chi connectivity index (χ0) is 22.9. The number of fused-ring (bicyclic) bond motifs is 1. The lowest BCUT2D eigenvalue weighted by Crippen LogP contribution is -2.39. The van der Waals surface area contributed by atoms with E-state index in [4.69, 9.17) is 23.2 Å². The molecule has 32 heavy (non-hydrogen) atoms. The second-order valence-electron chi connectivity index (χ2n) is 6.99. The van der Waals surface area contributed by atoms with Gasteiger partial charge in [-0.25, -0.2) is 8.42 Å². The van der Waals surface area contributed by atoms with Crippen LogP contribution in [-0.2, 0) is 14.8 Å². The molecule has 1 amide bonds. The third kappa shape index (κ3) is 3.93. The van der Waals surface area contributed by atoms with E-state index in [2.05, 4.69) is 11.9 Å². The molecule has 0 fully saturated rings. The van der Waals surface area contributed by atoms with Gasteiger partial charge in [0.05, 0.1) is 22.9 Å². The Morgan fingerprint density at radius 2 is 1.69 bits per heavy atom. The van der Waals surface area contributed by atoms with Crippen molar-refractivity contribution in [2.45, 2.75) is 0 Å². The number of hydrogen-bond donors (Lipinski definition) is 1. The summed E-state index contributed by atoms with van der Waals surface area (Å²) < 4.78 is 28.6. The number of carbonyl (C=O) groups is 1. The topological polar surface area (TPSA) is 66.5 Å². The summed E-state index contributed by atoms with van der Waals surface area (Å²) in [7, 11) is -4.24. The molecule has 3 aromatic carbocycles. The Kier molecular flexibility index (Phi) is 6.11. The Morgan fingerprint density at radius 1 is 1.00 bits per heavy atom. The van der Waals surface area contributed by atoms with E-state index in [1.165, 1.54) is 6.08 Å².